The SMILES string of the molecule is COC(=O)C1CC(n2cnc3c2NC(N)=NC3OCc2ccccc2)C1. The number of esters is 1. The summed E-state index contributed by atoms with van der Waals surface area (Å²) in [7, 11) is 1.42. The van der Waals surface area contributed by atoms with Crippen LogP contribution in [-0.2, 0) is 20.9 Å². The maximum atomic E-state index is 11.6. The first kappa shape index (κ1) is 16.6. The zero-order valence-electron chi connectivity index (χ0n) is 14.5. The van der Waals surface area contributed by atoms with Crippen LogP contribution in [0.4, 0.5) is 5.82 Å². The van der Waals surface area contributed by atoms with E-state index < -0.39 is 6.23 Å². The minimum atomic E-state index is -0.552. The van der Waals surface area contributed by atoms with Gasteiger partial charge >= 0.3 is 5.97 Å². The minimum absolute atomic E-state index is 0.0530. The Balaban J connectivity index is 1.48. The number of ether oxygens (including phenoxy) is 2. The third kappa shape index (κ3) is 3.03. The fraction of sp³-hybridized carbons (Fsp3) is 0.389. The predicted molar refractivity (Wildman–Crippen MR) is 95.2 cm³/mol. The highest BCUT2D eigenvalue weighted by molar-refractivity contribution is 5.93. The smallest absolute Gasteiger partial charge is 0.308 e. The Kier molecular flexibility index (Phi) is 4.34. The van der Waals surface area contributed by atoms with Crippen molar-refractivity contribution in [3.05, 3.63) is 47.9 Å². The predicted octanol–water partition coefficient (Wildman–Crippen LogP) is 1.96. The van der Waals surface area contributed by atoms with Crippen molar-refractivity contribution in [1.29, 1.82) is 0 Å². The first-order chi connectivity index (χ1) is 12.7. The van der Waals surface area contributed by atoms with Gasteiger partial charge in [0.15, 0.2) is 12.2 Å². The second-order valence-corrected chi connectivity index (χ2v) is 6.52. The standard InChI is InChI=1S/C18H21N5O3/c1-25-17(24)12-7-13(8-12)23-10-20-14-15(23)21-18(19)22-16(14)26-9-11-5-3-2-4-6-11/h2-6,10,12-13,16H,7-9H2,1H3,(H3,19,21,22). The minimum Gasteiger partial charge on any atom is -0.469 e. The van der Waals surface area contributed by atoms with E-state index in [0.717, 1.165) is 24.2 Å². The summed E-state index contributed by atoms with van der Waals surface area (Å²) in [5.41, 5.74) is 7.70. The van der Waals surface area contributed by atoms with E-state index in [1.54, 1.807) is 6.33 Å². The van der Waals surface area contributed by atoms with Crippen LogP contribution in [0.15, 0.2) is 41.7 Å². The Morgan fingerprint density at radius 2 is 2.12 bits per heavy atom. The number of carbonyl (C=O) groups is 1. The topological polar surface area (TPSA) is 104 Å². The summed E-state index contributed by atoms with van der Waals surface area (Å²) in [5, 5.41) is 3.08. The van der Waals surface area contributed by atoms with Crippen LogP contribution in [0.3, 0.4) is 0 Å². The molecule has 2 aliphatic rings. The van der Waals surface area contributed by atoms with Crippen LogP contribution in [0.1, 0.15) is 36.4 Å². The molecule has 1 fully saturated rings. The van der Waals surface area contributed by atoms with Crippen molar-refractivity contribution in [2.24, 2.45) is 16.6 Å². The monoisotopic (exact) mass is 355 g/mol. The molecule has 0 spiro atoms. The second-order valence-electron chi connectivity index (χ2n) is 6.52. The maximum absolute atomic E-state index is 11.6. The highest BCUT2D eigenvalue weighted by atomic mass is 16.5. The van der Waals surface area contributed by atoms with Crippen LogP contribution in [0.25, 0.3) is 0 Å². The van der Waals surface area contributed by atoms with Gasteiger partial charge in [-0.3, -0.25) is 4.79 Å². The molecule has 0 saturated heterocycles. The first-order valence-electron chi connectivity index (χ1n) is 8.56. The molecule has 1 aliphatic carbocycles. The number of anilines is 1. The summed E-state index contributed by atoms with van der Waals surface area (Å²) >= 11 is 0. The third-order valence-corrected chi connectivity index (χ3v) is 4.85. The highest BCUT2D eigenvalue weighted by Gasteiger charge is 2.39. The number of benzene rings is 1. The summed E-state index contributed by atoms with van der Waals surface area (Å²) < 4.78 is 12.7. The number of nitrogens with two attached hydrogens (primary N) is 1. The zero-order chi connectivity index (χ0) is 18.1. The van der Waals surface area contributed by atoms with Crippen LogP contribution >= 0.6 is 0 Å². The molecule has 2 aromatic rings. The fourth-order valence-corrected chi connectivity index (χ4v) is 3.34. The first-order valence-corrected chi connectivity index (χ1v) is 8.56. The Morgan fingerprint density at radius 3 is 2.85 bits per heavy atom. The zero-order valence-corrected chi connectivity index (χ0v) is 14.5. The molecule has 3 N–H and O–H groups in total. The van der Waals surface area contributed by atoms with Gasteiger partial charge in [-0.2, -0.15) is 0 Å². The molecule has 1 aromatic heterocycles. The van der Waals surface area contributed by atoms with Crippen LogP contribution in [0.5, 0.6) is 0 Å². The molecule has 1 unspecified atom stereocenters. The molecule has 1 saturated carbocycles. The molecule has 8 nitrogen and oxygen atoms in total. The molecular weight excluding hydrogens is 334 g/mol. The average Bonchev–Trinajstić information content (AvgIpc) is 3.02. The lowest BCUT2D eigenvalue weighted by molar-refractivity contribution is -0.149. The van der Waals surface area contributed by atoms with Gasteiger partial charge in [-0.15, -0.1) is 0 Å². The summed E-state index contributed by atoms with van der Waals surface area (Å²) in [5.74, 6) is 0.862. The number of aromatic nitrogens is 2. The van der Waals surface area contributed by atoms with Gasteiger partial charge in [0.05, 0.1) is 26.0 Å². The van der Waals surface area contributed by atoms with Crippen molar-refractivity contribution in [2.75, 3.05) is 12.4 Å². The van der Waals surface area contributed by atoms with Crippen molar-refractivity contribution in [3.63, 3.8) is 0 Å². The number of nitrogens with zero attached hydrogens (tertiary/aromatic N) is 3. The number of aliphatic imine (C=N–C) groups is 1. The van der Waals surface area contributed by atoms with Gasteiger partial charge in [0.1, 0.15) is 11.5 Å². The average molecular weight is 355 g/mol. The van der Waals surface area contributed by atoms with E-state index in [1.165, 1.54) is 7.11 Å². The summed E-state index contributed by atoms with van der Waals surface area (Å²) in [6.45, 7) is 0.419. The molecule has 0 bridgehead atoms. The van der Waals surface area contributed by atoms with Gasteiger partial charge in [0, 0.05) is 6.04 Å². The van der Waals surface area contributed by atoms with E-state index in [9.17, 15) is 4.79 Å². The van der Waals surface area contributed by atoms with Crippen LogP contribution in [0, 0.1) is 5.92 Å². The molecule has 26 heavy (non-hydrogen) atoms. The number of rotatable bonds is 5. The van der Waals surface area contributed by atoms with Crippen molar-refractivity contribution in [2.45, 2.75) is 31.7 Å². The van der Waals surface area contributed by atoms with E-state index in [-0.39, 0.29) is 17.9 Å². The van der Waals surface area contributed by atoms with Gasteiger partial charge in [-0.05, 0) is 18.4 Å². The highest BCUT2D eigenvalue weighted by Crippen LogP contribution is 2.42. The number of imidazole rings is 1. The normalized spacial score (nSPS) is 24.0. The van der Waals surface area contributed by atoms with Crippen molar-refractivity contribution < 1.29 is 14.3 Å². The van der Waals surface area contributed by atoms with Gasteiger partial charge in [-0.1, -0.05) is 30.3 Å². The fourth-order valence-electron chi connectivity index (χ4n) is 3.34. The Labute approximate surface area is 151 Å². The Morgan fingerprint density at radius 1 is 1.35 bits per heavy atom. The van der Waals surface area contributed by atoms with Gasteiger partial charge in [0.2, 0.25) is 0 Å². The summed E-state index contributed by atoms with van der Waals surface area (Å²) in [4.78, 5) is 20.4. The lowest BCUT2D eigenvalue weighted by Crippen LogP contribution is -2.35. The van der Waals surface area contributed by atoms with E-state index in [0.29, 0.717) is 18.3 Å². The van der Waals surface area contributed by atoms with Crippen LogP contribution in [-0.4, -0.2) is 28.6 Å². The largest absolute Gasteiger partial charge is 0.469 e. The molecular formula is C18H21N5O3. The number of methoxy groups -OCH3 is 1. The molecule has 0 amide bonds. The van der Waals surface area contributed by atoms with Crippen LogP contribution < -0.4 is 11.1 Å². The number of carbonyl (C=O) groups excluding carboxylic acids is 1. The van der Waals surface area contributed by atoms with E-state index >= 15 is 0 Å². The quantitative estimate of drug-likeness (QED) is 0.795. The molecule has 1 aliphatic heterocycles. The Bertz CT molecular complexity index is 827. The molecule has 136 valence electrons. The number of fused-ring (bicyclic) bond motifs is 1. The van der Waals surface area contributed by atoms with Gasteiger partial charge in [-0.25, -0.2) is 9.98 Å². The van der Waals surface area contributed by atoms with Gasteiger partial charge < -0.3 is 25.1 Å². The summed E-state index contributed by atoms with van der Waals surface area (Å²) in [6, 6.07) is 10.1. The molecule has 1 atom stereocenters. The number of nitrogens with one attached hydrogen (secondary N) is 1. The van der Waals surface area contributed by atoms with E-state index in [1.807, 2.05) is 34.9 Å². The van der Waals surface area contributed by atoms with E-state index in [4.69, 9.17) is 15.2 Å². The molecule has 0 radical (unpaired) electrons. The van der Waals surface area contributed by atoms with Crippen molar-refractivity contribution >= 4 is 17.7 Å². The molecule has 1 aromatic carbocycles. The Hall–Kier alpha value is -2.87. The number of hydrogen-bond acceptors (Lipinski definition) is 7. The molecule has 8 heteroatoms. The van der Waals surface area contributed by atoms with E-state index in [2.05, 4.69) is 15.3 Å². The molecule has 2 heterocycles. The maximum Gasteiger partial charge on any atom is 0.308 e. The van der Waals surface area contributed by atoms with Crippen molar-refractivity contribution in [3.8, 4) is 0 Å². The third-order valence-electron chi connectivity index (χ3n) is 4.85. The van der Waals surface area contributed by atoms with Crippen LogP contribution in [0.2, 0.25) is 0 Å². The lowest BCUT2D eigenvalue weighted by atomic mass is 9.80. The number of guanidine groups is 1. The second kappa shape index (κ2) is 6.80. The van der Waals surface area contributed by atoms with Gasteiger partial charge in [0.25, 0.3) is 0 Å². The lowest BCUT2D eigenvalue weighted by Gasteiger charge is -2.35. The molecule has 4 rings (SSSR count). The summed E-state index contributed by atoms with van der Waals surface area (Å²) in [6.07, 6.45) is 2.65. The number of hydrogen-bond donors (Lipinski definition) is 2. The van der Waals surface area contributed by atoms with Crippen molar-refractivity contribution in [1.82, 2.24) is 9.55 Å².